The van der Waals surface area contributed by atoms with Crippen LogP contribution < -0.4 is 10.5 Å². The maximum atomic E-state index is 5.57. The zero-order chi connectivity index (χ0) is 10.6. The van der Waals surface area contributed by atoms with Gasteiger partial charge in [0.2, 0.25) is 0 Å². The van der Waals surface area contributed by atoms with Gasteiger partial charge in [0, 0.05) is 5.92 Å². The average Bonchev–Trinajstić information content (AvgIpc) is 2.18. The molecule has 0 bridgehead atoms. The Morgan fingerprint density at radius 3 is 2.71 bits per heavy atom. The van der Waals surface area contributed by atoms with Gasteiger partial charge < -0.3 is 10.5 Å². The van der Waals surface area contributed by atoms with Gasteiger partial charge in [0.1, 0.15) is 5.75 Å². The van der Waals surface area contributed by atoms with Crippen molar-refractivity contribution in [1.82, 2.24) is 0 Å². The second-order valence-corrected chi connectivity index (χ2v) is 3.79. The molecule has 1 aromatic carbocycles. The molecular formula is C11H15NOS. The SMILES string of the molecule is COc1ccccc1CC(C)C(N)=S. The molecule has 2 nitrogen and oxygen atoms in total. The summed E-state index contributed by atoms with van der Waals surface area (Å²) in [5.74, 6) is 1.11. The van der Waals surface area contributed by atoms with E-state index in [1.54, 1.807) is 7.11 Å². The van der Waals surface area contributed by atoms with Gasteiger partial charge in [-0.15, -0.1) is 0 Å². The number of hydrogen-bond acceptors (Lipinski definition) is 2. The molecule has 0 saturated heterocycles. The summed E-state index contributed by atoms with van der Waals surface area (Å²) >= 11 is 4.93. The van der Waals surface area contributed by atoms with Gasteiger partial charge >= 0.3 is 0 Å². The van der Waals surface area contributed by atoms with Crippen molar-refractivity contribution in [3.8, 4) is 5.75 Å². The van der Waals surface area contributed by atoms with E-state index in [1.165, 1.54) is 0 Å². The highest BCUT2D eigenvalue weighted by molar-refractivity contribution is 7.80. The van der Waals surface area contributed by atoms with Crippen molar-refractivity contribution >= 4 is 17.2 Å². The van der Waals surface area contributed by atoms with Gasteiger partial charge in [-0.1, -0.05) is 37.3 Å². The molecule has 1 unspecified atom stereocenters. The Balaban J connectivity index is 2.80. The highest BCUT2D eigenvalue weighted by Gasteiger charge is 2.09. The molecule has 0 aliphatic carbocycles. The second-order valence-electron chi connectivity index (χ2n) is 3.32. The highest BCUT2D eigenvalue weighted by Crippen LogP contribution is 2.20. The Kier molecular flexibility index (Phi) is 3.89. The minimum atomic E-state index is 0.210. The standard InChI is InChI=1S/C11H15NOS/c1-8(11(12)14)7-9-5-3-4-6-10(9)13-2/h3-6,8H,7H2,1-2H3,(H2,12,14). The van der Waals surface area contributed by atoms with E-state index in [9.17, 15) is 0 Å². The molecule has 0 aromatic heterocycles. The van der Waals surface area contributed by atoms with Crippen LogP contribution in [0.25, 0.3) is 0 Å². The van der Waals surface area contributed by atoms with Crippen molar-refractivity contribution in [3.05, 3.63) is 29.8 Å². The van der Waals surface area contributed by atoms with Crippen LogP contribution in [0.2, 0.25) is 0 Å². The van der Waals surface area contributed by atoms with Crippen LogP contribution in [0, 0.1) is 5.92 Å². The number of methoxy groups -OCH3 is 1. The second kappa shape index (κ2) is 4.96. The van der Waals surface area contributed by atoms with Gasteiger partial charge in [-0.05, 0) is 18.1 Å². The third-order valence-corrected chi connectivity index (χ3v) is 2.61. The molecule has 1 aromatic rings. The van der Waals surface area contributed by atoms with E-state index >= 15 is 0 Å². The minimum absolute atomic E-state index is 0.210. The van der Waals surface area contributed by atoms with Crippen LogP contribution in [-0.2, 0) is 6.42 Å². The molecule has 2 N–H and O–H groups in total. The van der Waals surface area contributed by atoms with E-state index in [1.807, 2.05) is 31.2 Å². The molecule has 0 amide bonds. The molecule has 0 saturated carbocycles. The summed E-state index contributed by atoms with van der Waals surface area (Å²) in [6.07, 6.45) is 0.833. The van der Waals surface area contributed by atoms with Gasteiger partial charge in [0.25, 0.3) is 0 Å². The molecular weight excluding hydrogens is 194 g/mol. The lowest BCUT2D eigenvalue weighted by Crippen LogP contribution is -2.20. The predicted molar refractivity (Wildman–Crippen MR) is 62.6 cm³/mol. The third kappa shape index (κ3) is 2.70. The fourth-order valence-electron chi connectivity index (χ4n) is 1.30. The smallest absolute Gasteiger partial charge is 0.122 e. The van der Waals surface area contributed by atoms with Crippen LogP contribution in [0.3, 0.4) is 0 Å². The molecule has 0 aliphatic rings. The Labute approximate surface area is 90.1 Å². The van der Waals surface area contributed by atoms with Crippen molar-refractivity contribution in [2.75, 3.05) is 7.11 Å². The zero-order valence-electron chi connectivity index (χ0n) is 8.49. The summed E-state index contributed by atoms with van der Waals surface area (Å²) in [5, 5.41) is 0. The molecule has 1 atom stereocenters. The van der Waals surface area contributed by atoms with Gasteiger partial charge in [-0.2, -0.15) is 0 Å². The summed E-state index contributed by atoms with van der Waals surface area (Å²) in [7, 11) is 1.67. The topological polar surface area (TPSA) is 35.2 Å². The lowest BCUT2D eigenvalue weighted by atomic mass is 10.0. The minimum Gasteiger partial charge on any atom is -0.496 e. The van der Waals surface area contributed by atoms with Crippen LogP contribution in [0.1, 0.15) is 12.5 Å². The van der Waals surface area contributed by atoms with Gasteiger partial charge in [0.15, 0.2) is 0 Å². The van der Waals surface area contributed by atoms with Crippen molar-refractivity contribution in [2.24, 2.45) is 11.7 Å². The summed E-state index contributed by atoms with van der Waals surface area (Å²) < 4.78 is 5.24. The van der Waals surface area contributed by atoms with Crippen LogP contribution in [-0.4, -0.2) is 12.1 Å². The van der Waals surface area contributed by atoms with Crippen molar-refractivity contribution in [3.63, 3.8) is 0 Å². The maximum absolute atomic E-state index is 5.57. The fourth-order valence-corrected chi connectivity index (χ4v) is 1.39. The number of benzene rings is 1. The van der Waals surface area contributed by atoms with Gasteiger partial charge in [-0.3, -0.25) is 0 Å². The highest BCUT2D eigenvalue weighted by atomic mass is 32.1. The van der Waals surface area contributed by atoms with Crippen molar-refractivity contribution in [2.45, 2.75) is 13.3 Å². The van der Waals surface area contributed by atoms with E-state index in [-0.39, 0.29) is 5.92 Å². The van der Waals surface area contributed by atoms with E-state index in [0.717, 1.165) is 17.7 Å². The number of nitrogens with two attached hydrogens (primary N) is 1. The molecule has 76 valence electrons. The average molecular weight is 209 g/mol. The predicted octanol–water partition coefficient (Wildman–Crippen LogP) is 2.16. The van der Waals surface area contributed by atoms with Crippen molar-refractivity contribution in [1.29, 1.82) is 0 Å². The molecule has 0 fully saturated rings. The van der Waals surface area contributed by atoms with E-state index in [4.69, 9.17) is 22.7 Å². The number of rotatable bonds is 4. The lowest BCUT2D eigenvalue weighted by Gasteiger charge is -2.12. The number of thiocarbonyl (C=S) groups is 1. The molecule has 0 aliphatic heterocycles. The summed E-state index contributed by atoms with van der Waals surface area (Å²) in [5.41, 5.74) is 6.71. The Hall–Kier alpha value is -1.09. The molecule has 1 rings (SSSR count). The first-order chi connectivity index (χ1) is 6.65. The summed E-state index contributed by atoms with van der Waals surface area (Å²) in [4.78, 5) is 0.552. The molecule has 0 spiro atoms. The van der Waals surface area contributed by atoms with Crippen LogP contribution in [0.15, 0.2) is 24.3 Å². The number of para-hydroxylation sites is 1. The monoisotopic (exact) mass is 209 g/mol. The van der Waals surface area contributed by atoms with Gasteiger partial charge in [-0.25, -0.2) is 0 Å². The Morgan fingerprint density at radius 2 is 2.14 bits per heavy atom. The Bertz CT molecular complexity index is 325. The normalized spacial score (nSPS) is 12.1. The largest absolute Gasteiger partial charge is 0.496 e. The first kappa shape index (κ1) is 11.0. The Morgan fingerprint density at radius 1 is 1.50 bits per heavy atom. The first-order valence-electron chi connectivity index (χ1n) is 4.56. The maximum Gasteiger partial charge on any atom is 0.122 e. The summed E-state index contributed by atoms with van der Waals surface area (Å²) in [6.45, 7) is 2.02. The van der Waals surface area contributed by atoms with Gasteiger partial charge in [0.05, 0.1) is 12.1 Å². The quantitative estimate of drug-likeness (QED) is 0.772. The van der Waals surface area contributed by atoms with Crippen molar-refractivity contribution < 1.29 is 4.74 Å². The molecule has 14 heavy (non-hydrogen) atoms. The fraction of sp³-hybridized carbons (Fsp3) is 0.364. The van der Waals surface area contributed by atoms with Crippen LogP contribution >= 0.6 is 12.2 Å². The first-order valence-corrected chi connectivity index (χ1v) is 4.97. The molecule has 3 heteroatoms. The molecule has 0 radical (unpaired) electrons. The third-order valence-electron chi connectivity index (χ3n) is 2.20. The zero-order valence-corrected chi connectivity index (χ0v) is 9.30. The van der Waals surface area contributed by atoms with E-state index < -0.39 is 0 Å². The lowest BCUT2D eigenvalue weighted by molar-refractivity contribution is 0.408. The number of ether oxygens (including phenoxy) is 1. The van der Waals surface area contributed by atoms with E-state index in [0.29, 0.717) is 4.99 Å². The van der Waals surface area contributed by atoms with Crippen LogP contribution in [0.4, 0.5) is 0 Å². The van der Waals surface area contributed by atoms with E-state index in [2.05, 4.69) is 0 Å². The molecule has 0 heterocycles. The van der Waals surface area contributed by atoms with Crippen LogP contribution in [0.5, 0.6) is 5.75 Å². The number of hydrogen-bond donors (Lipinski definition) is 1. The summed E-state index contributed by atoms with van der Waals surface area (Å²) in [6, 6.07) is 7.92.